The molecule has 6 nitrogen and oxygen atoms in total. The Hall–Kier alpha value is -1.37. The topological polar surface area (TPSA) is 97.7 Å². The van der Waals surface area contributed by atoms with Crippen LogP contribution in [0.4, 0.5) is 0 Å². The van der Waals surface area contributed by atoms with Gasteiger partial charge in [0.15, 0.2) is 9.84 Å². The number of carboxylic acids is 1. The van der Waals surface area contributed by atoms with Crippen molar-refractivity contribution in [2.24, 2.45) is 0 Å². The summed E-state index contributed by atoms with van der Waals surface area (Å²) < 4.78 is 26.3. The number of carboxylic acid groups (broad SMARTS) is 1. The molecule has 0 heterocycles. The number of esters is 1. The Labute approximate surface area is 87.5 Å². The summed E-state index contributed by atoms with van der Waals surface area (Å²) in [5.74, 6) is -2.41. The molecule has 0 rings (SSSR count). The molecule has 0 fully saturated rings. The number of carbonyl (C=O) groups excluding carboxylic acids is 1. The van der Waals surface area contributed by atoms with Crippen LogP contribution in [0.3, 0.4) is 0 Å². The molecule has 1 N–H and O–H groups in total. The van der Waals surface area contributed by atoms with Crippen molar-refractivity contribution in [2.75, 3.05) is 18.1 Å². The SMILES string of the molecule is CCS(=O)(=O)CCOC(=O)/C=C/C(=O)O. The number of hydrogen-bond acceptors (Lipinski definition) is 5. The summed E-state index contributed by atoms with van der Waals surface area (Å²) >= 11 is 0. The van der Waals surface area contributed by atoms with Crippen LogP contribution in [0.2, 0.25) is 0 Å². The lowest BCUT2D eigenvalue weighted by Crippen LogP contribution is -2.16. The quantitative estimate of drug-likeness (QED) is 0.498. The van der Waals surface area contributed by atoms with Crippen LogP contribution in [0.25, 0.3) is 0 Å². The standard InChI is InChI=1S/C8H12O6S/c1-2-15(12,13)6-5-14-8(11)4-3-7(9)10/h3-4H,2,5-6H2,1H3,(H,9,10)/b4-3+. The molecule has 0 radical (unpaired) electrons. The molecule has 0 aromatic rings. The summed E-state index contributed by atoms with van der Waals surface area (Å²) in [6.45, 7) is 1.22. The van der Waals surface area contributed by atoms with Crippen LogP contribution >= 0.6 is 0 Å². The van der Waals surface area contributed by atoms with Crippen molar-refractivity contribution in [3.63, 3.8) is 0 Å². The zero-order chi connectivity index (χ0) is 11.9. The predicted octanol–water partition coefficient (Wildman–Crippen LogP) is -0.395. The van der Waals surface area contributed by atoms with Crippen LogP contribution in [0.15, 0.2) is 12.2 Å². The third kappa shape index (κ3) is 7.68. The average molecular weight is 236 g/mol. The molecule has 0 saturated carbocycles. The minimum atomic E-state index is -3.16. The van der Waals surface area contributed by atoms with Gasteiger partial charge in [0.1, 0.15) is 6.61 Å². The lowest BCUT2D eigenvalue weighted by atomic mass is 10.5. The summed E-state index contributed by atoms with van der Waals surface area (Å²) in [6.07, 6.45) is 1.34. The Bertz CT molecular complexity index is 353. The van der Waals surface area contributed by atoms with E-state index in [-0.39, 0.29) is 18.1 Å². The lowest BCUT2D eigenvalue weighted by molar-refractivity contribution is -0.138. The molecule has 0 spiro atoms. The number of sulfone groups is 1. The van der Waals surface area contributed by atoms with Crippen LogP contribution in [0.5, 0.6) is 0 Å². The number of hydrogen-bond donors (Lipinski definition) is 1. The summed E-state index contributed by atoms with van der Waals surface area (Å²) in [6, 6.07) is 0. The van der Waals surface area contributed by atoms with Crippen LogP contribution in [0.1, 0.15) is 6.92 Å². The van der Waals surface area contributed by atoms with Gasteiger partial charge in [-0.1, -0.05) is 6.92 Å². The largest absolute Gasteiger partial charge is 0.478 e. The predicted molar refractivity (Wildman–Crippen MR) is 52.1 cm³/mol. The summed E-state index contributed by atoms with van der Waals surface area (Å²) in [5.41, 5.74) is 0. The van der Waals surface area contributed by atoms with E-state index in [1.54, 1.807) is 0 Å². The Morgan fingerprint density at radius 2 is 1.93 bits per heavy atom. The van der Waals surface area contributed by atoms with Gasteiger partial charge in [-0.15, -0.1) is 0 Å². The molecule has 0 aromatic carbocycles. The smallest absolute Gasteiger partial charge is 0.331 e. The van der Waals surface area contributed by atoms with E-state index >= 15 is 0 Å². The van der Waals surface area contributed by atoms with E-state index in [4.69, 9.17) is 5.11 Å². The van der Waals surface area contributed by atoms with Crippen molar-refractivity contribution in [2.45, 2.75) is 6.92 Å². The number of carbonyl (C=O) groups is 2. The molecule has 0 aliphatic rings. The zero-order valence-corrected chi connectivity index (χ0v) is 8.99. The number of aliphatic carboxylic acids is 1. The average Bonchev–Trinajstić information content (AvgIpc) is 2.14. The minimum Gasteiger partial charge on any atom is -0.478 e. The highest BCUT2D eigenvalue weighted by Gasteiger charge is 2.08. The highest BCUT2D eigenvalue weighted by atomic mass is 32.2. The molecule has 7 heteroatoms. The molecule has 0 unspecified atom stereocenters. The molecule has 15 heavy (non-hydrogen) atoms. The van der Waals surface area contributed by atoms with Crippen LogP contribution in [0, 0.1) is 0 Å². The van der Waals surface area contributed by atoms with Crippen LogP contribution in [-0.2, 0) is 24.2 Å². The summed E-state index contributed by atoms with van der Waals surface area (Å²) in [7, 11) is -3.16. The van der Waals surface area contributed by atoms with Gasteiger partial charge < -0.3 is 9.84 Å². The second kappa shape index (κ2) is 6.18. The fraction of sp³-hybridized carbons (Fsp3) is 0.500. The van der Waals surface area contributed by atoms with Crippen molar-refractivity contribution < 1.29 is 27.9 Å². The van der Waals surface area contributed by atoms with Gasteiger partial charge in [0, 0.05) is 17.9 Å². The van der Waals surface area contributed by atoms with E-state index in [1.807, 2.05) is 0 Å². The number of rotatable bonds is 6. The Morgan fingerprint density at radius 3 is 2.40 bits per heavy atom. The molecule has 0 saturated heterocycles. The fourth-order valence-electron chi connectivity index (χ4n) is 0.601. The Kier molecular flexibility index (Phi) is 5.61. The van der Waals surface area contributed by atoms with E-state index in [1.165, 1.54) is 6.92 Å². The van der Waals surface area contributed by atoms with E-state index in [2.05, 4.69) is 4.74 Å². The molecular formula is C8H12O6S. The van der Waals surface area contributed by atoms with Crippen molar-refractivity contribution in [1.82, 2.24) is 0 Å². The summed E-state index contributed by atoms with van der Waals surface area (Å²) in [4.78, 5) is 20.7. The first-order valence-corrected chi connectivity index (χ1v) is 5.97. The Morgan fingerprint density at radius 1 is 1.33 bits per heavy atom. The van der Waals surface area contributed by atoms with Gasteiger partial charge in [-0.3, -0.25) is 0 Å². The molecule has 86 valence electrons. The van der Waals surface area contributed by atoms with Crippen molar-refractivity contribution >= 4 is 21.8 Å². The van der Waals surface area contributed by atoms with Crippen LogP contribution < -0.4 is 0 Å². The Balaban J connectivity index is 3.89. The second-order valence-corrected chi connectivity index (χ2v) is 5.05. The first kappa shape index (κ1) is 13.6. The highest BCUT2D eigenvalue weighted by Crippen LogP contribution is 1.90. The first-order chi connectivity index (χ1) is 6.87. The molecule has 0 bridgehead atoms. The third-order valence-corrected chi connectivity index (χ3v) is 3.11. The molecule has 0 amide bonds. The van der Waals surface area contributed by atoms with E-state index in [0.717, 1.165) is 6.08 Å². The van der Waals surface area contributed by atoms with Crippen molar-refractivity contribution in [3.05, 3.63) is 12.2 Å². The molecular weight excluding hydrogens is 224 g/mol. The van der Waals surface area contributed by atoms with E-state index in [0.29, 0.717) is 6.08 Å². The maximum Gasteiger partial charge on any atom is 0.331 e. The van der Waals surface area contributed by atoms with Gasteiger partial charge in [0.25, 0.3) is 0 Å². The molecule has 0 aliphatic carbocycles. The third-order valence-electron chi connectivity index (χ3n) is 1.44. The van der Waals surface area contributed by atoms with Gasteiger partial charge in [0.05, 0.1) is 5.75 Å². The van der Waals surface area contributed by atoms with Gasteiger partial charge >= 0.3 is 11.9 Å². The normalized spacial score (nSPS) is 11.5. The number of ether oxygens (including phenoxy) is 1. The van der Waals surface area contributed by atoms with Gasteiger partial charge in [0.2, 0.25) is 0 Å². The fourth-order valence-corrected chi connectivity index (χ4v) is 1.23. The van der Waals surface area contributed by atoms with E-state index < -0.39 is 21.8 Å². The maximum atomic E-state index is 10.9. The van der Waals surface area contributed by atoms with Gasteiger partial charge in [-0.05, 0) is 0 Å². The lowest BCUT2D eigenvalue weighted by Gasteiger charge is -2.01. The van der Waals surface area contributed by atoms with Crippen molar-refractivity contribution in [3.8, 4) is 0 Å². The molecule has 0 aliphatic heterocycles. The van der Waals surface area contributed by atoms with Gasteiger partial charge in [-0.2, -0.15) is 0 Å². The second-order valence-electron chi connectivity index (χ2n) is 2.58. The molecule has 0 atom stereocenters. The van der Waals surface area contributed by atoms with Gasteiger partial charge in [-0.25, -0.2) is 18.0 Å². The summed E-state index contributed by atoms with van der Waals surface area (Å²) in [5, 5.41) is 8.16. The van der Waals surface area contributed by atoms with Crippen LogP contribution in [-0.4, -0.2) is 43.6 Å². The van der Waals surface area contributed by atoms with E-state index in [9.17, 15) is 18.0 Å². The minimum absolute atomic E-state index is 0.0183. The zero-order valence-electron chi connectivity index (χ0n) is 8.17. The first-order valence-electron chi connectivity index (χ1n) is 4.15. The van der Waals surface area contributed by atoms with Crippen molar-refractivity contribution in [1.29, 1.82) is 0 Å². The maximum absolute atomic E-state index is 10.9. The highest BCUT2D eigenvalue weighted by molar-refractivity contribution is 7.91. The monoisotopic (exact) mass is 236 g/mol. The molecule has 0 aromatic heterocycles.